The topological polar surface area (TPSA) is 105 Å². The number of carbonyl (C=O) groups excluding carboxylic acids is 2. The van der Waals surface area contributed by atoms with Crippen LogP contribution in [0.4, 0.5) is 4.79 Å². The molecule has 0 rings (SSSR count). The van der Waals surface area contributed by atoms with Crippen molar-refractivity contribution in [2.75, 3.05) is 0 Å². The number of carbonyl (C=O) groups is 3. The SMILES string of the molecule is CCC(C)C(NC(=O)OC(C)(C)C)C(=O)NC(C)(C)C(=O)O. The van der Waals surface area contributed by atoms with Gasteiger partial charge in [0.1, 0.15) is 17.2 Å². The molecule has 2 unspecified atom stereocenters. The maximum Gasteiger partial charge on any atom is 0.408 e. The van der Waals surface area contributed by atoms with Crippen LogP contribution in [0.3, 0.4) is 0 Å². The Hall–Kier alpha value is -1.79. The lowest BCUT2D eigenvalue weighted by Crippen LogP contribution is -2.58. The summed E-state index contributed by atoms with van der Waals surface area (Å²) in [6, 6.07) is -0.863. The zero-order chi connectivity index (χ0) is 17.7. The van der Waals surface area contributed by atoms with Gasteiger partial charge in [-0.3, -0.25) is 4.79 Å². The molecule has 0 aromatic rings. The molecule has 22 heavy (non-hydrogen) atoms. The molecule has 2 atom stereocenters. The third kappa shape index (κ3) is 6.78. The van der Waals surface area contributed by atoms with Crippen molar-refractivity contribution in [3.63, 3.8) is 0 Å². The van der Waals surface area contributed by atoms with E-state index >= 15 is 0 Å². The minimum atomic E-state index is -1.42. The molecule has 0 saturated carbocycles. The van der Waals surface area contributed by atoms with Crippen molar-refractivity contribution in [2.45, 2.75) is 72.1 Å². The van der Waals surface area contributed by atoms with Gasteiger partial charge in [0.15, 0.2) is 0 Å². The monoisotopic (exact) mass is 316 g/mol. The van der Waals surface area contributed by atoms with Crippen LogP contribution >= 0.6 is 0 Å². The Balaban J connectivity index is 5.03. The third-order valence-electron chi connectivity index (χ3n) is 3.14. The van der Waals surface area contributed by atoms with Gasteiger partial charge in [-0.05, 0) is 40.5 Å². The van der Waals surface area contributed by atoms with Crippen LogP contribution in [0.1, 0.15) is 54.9 Å². The highest BCUT2D eigenvalue weighted by Gasteiger charge is 2.35. The Labute approximate surface area is 131 Å². The summed E-state index contributed by atoms with van der Waals surface area (Å²) in [5, 5.41) is 14.0. The van der Waals surface area contributed by atoms with Crippen molar-refractivity contribution >= 4 is 18.0 Å². The van der Waals surface area contributed by atoms with E-state index in [1.165, 1.54) is 13.8 Å². The first-order valence-corrected chi connectivity index (χ1v) is 7.35. The zero-order valence-corrected chi connectivity index (χ0v) is 14.4. The van der Waals surface area contributed by atoms with Crippen LogP contribution in [0.5, 0.6) is 0 Å². The summed E-state index contributed by atoms with van der Waals surface area (Å²) in [5.41, 5.74) is -2.10. The number of amides is 2. The van der Waals surface area contributed by atoms with E-state index in [4.69, 9.17) is 9.84 Å². The fraction of sp³-hybridized carbons (Fsp3) is 0.800. The van der Waals surface area contributed by atoms with Crippen LogP contribution in [0.25, 0.3) is 0 Å². The van der Waals surface area contributed by atoms with Crippen LogP contribution in [0.2, 0.25) is 0 Å². The van der Waals surface area contributed by atoms with Crippen LogP contribution < -0.4 is 10.6 Å². The predicted molar refractivity (Wildman–Crippen MR) is 82.5 cm³/mol. The Morgan fingerprint density at radius 2 is 1.64 bits per heavy atom. The Morgan fingerprint density at radius 1 is 1.14 bits per heavy atom. The van der Waals surface area contributed by atoms with Crippen molar-refractivity contribution in [1.82, 2.24) is 10.6 Å². The number of hydrogen-bond acceptors (Lipinski definition) is 4. The number of carboxylic acids is 1. The standard InChI is InChI=1S/C15H28N2O5/c1-8-9(2)10(16-13(21)22-14(3,4)5)11(18)17-15(6,7)12(19)20/h9-10H,8H2,1-7H3,(H,16,21)(H,17,18)(H,19,20). The van der Waals surface area contributed by atoms with Gasteiger partial charge in [0.2, 0.25) is 5.91 Å². The van der Waals surface area contributed by atoms with Gasteiger partial charge < -0.3 is 20.5 Å². The number of nitrogens with one attached hydrogen (secondary N) is 2. The van der Waals surface area contributed by atoms with E-state index in [-0.39, 0.29) is 5.92 Å². The molecule has 0 bridgehead atoms. The molecule has 0 aliphatic carbocycles. The van der Waals surface area contributed by atoms with Crippen molar-refractivity contribution in [3.8, 4) is 0 Å². The van der Waals surface area contributed by atoms with Crippen LogP contribution in [-0.2, 0) is 14.3 Å². The van der Waals surface area contributed by atoms with E-state index in [1.54, 1.807) is 27.7 Å². The second-order valence-electron chi connectivity index (χ2n) is 6.93. The van der Waals surface area contributed by atoms with E-state index in [0.717, 1.165) is 0 Å². The largest absolute Gasteiger partial charge is 0.480 e. The van der Waals surface area contributed by atoms with Gasteiger partial charge in [-0.25, -0.2) is 9.59 Å². The Morgan fingerprint density at radius 3 is 2.00 bits per heavy atom. The van der Waals surface area contributed by atoms with Gasteiger partial charge in [-0.15, -0.1) is 0 Å². The van der Waals surface area contributed by atoms with Crippen molar-refractivity contribution in [1.29, 1.82) is 0 Å². The minimum absolute atomic E-state index is 0.169. The lowest BCUT2D eigenvalue weighted by atomic mass is 9.96. The maximum absolute atomic E-state index is 12.3. The summed E-state index contributed by atoms with van der Waals surface area (Å²) < 4.78 is 5.14. The zero-order valence-electron chi connectivity index (χ0n) is 14.4. The smallest absolute Gasteiger partial charge is 0.408 e. The fourth-order valence-corrected chi connectivity index (χ4v) is 1.58. The number of ether oxygens (including phenoxy) is 1. The quantitative estimate of drug-likeness (QED) is 0.694. The van der Waals surface area contributed by atoms with E-state index in [2.05, 4.69) is 10.6 Å². The lowest BCUT2D eigenvalue weighted by Gasteiger charge is -2.29. The van der Waals surface area contributed by atoms with Crippen LogP contribution in [-0.4, -0.2) is 40.3 Å². The van der Waals surface area contributed by atoms with Gasteiger partial charge in [0.25, 0.3) is 0 Å². The molecular weight excluding hydrogens is 288 g/mol. The number of carboxylic acid groups (broad SMARTS) is 1. The first-order valence-electron chi connectivity index (χ1n) is 7.35. The maximum atomic E-state index is 12.3. The molecule has 2 amide bonds. The van der Waals surface area contributed by atoms with Crippen molar-refractivity contribution in [2.24, 2.45) is 5.92 Å². The summed E-state index contributed by atoms with van der Waals surface area (Å²) in [4.78, 5) is 35.3. The molecule has 0 aromatic carbocycles. The molecule has 0 spiro atoms. The van der Waals surface area contributed by atoms with Crippen molar-refractivity contribution < 1.29 is 24.2 Å². The normalized spacial score (nSPS) is 14.7. The first-order chi connectivity index (χ1) is 9.80. The van der Waals surface area contributed by atoms with Gasteiger partial charge >= 0.3 is 12.1 Å². The van der Waals surface area contributed by atoms with Gasteiger partial charge in [-0.2, -0.15) is 0 Å². The molecule has 0 heterocycles. The predicted octanol–water partition coefficient (Wildman–Crippen LogP) is 1.91. The summed E-state index contributed by atoms with van der Waals surface area (Å²) in [6.45, 7) is 11.6. The molecule has 7 nitrogen and oxygen atoms in total. The molecular formula is C15H28N2O5. The molecule has 128 valence electrons. The summed E-state index contributed by atoms with van der Waals surface area (Å²) in [7, 11) is 0. The molecule has 0 aliphatic heterocycles. The molecule has 0 aliphatic rings. The minimum Gasteiger partial charge on any atom is -0.480 e. The Kier molecular flexibility index (Phi) is 6.86. The van der Waals surface area contributed by atoms with Gasteiger partial charge in [0, 0.05) is 0 Å². The molecule has 0 fully saturated rings. The number of hydrogen-bond donors (Lipinski definition) is 3. The highest BCUT2D eigenvalue weighted by atomic mass is 16.6. The molecule has 0 aromatic heterocycles. The summed E-state index contributed by atoms with van der Waals surface area (Å²) >= 11 is 0. The number of aliphatic carboxylic acids is 1. The molecule has 7 heteroatoms. The average Bonchev–Trinajstić information content (AvgIpc) is 2.31. The van der Waals surface area contributed by atoms with Crippen LogP contribution in [0, 0.1) is 5.92 Å². The Bertz CT molecular complexity index is 426. The molecule has 3 N–H and O–H groups in total. The van der Waals surface area contributed by atoms with Crippen LogP contribution in [0.15, 0.2) is 0 Å². The van der Waals surface area contributed by atoms with Gasteiger partial charge in [0.05, 0.1) is 0 Å². The third-order valence-corrected chi connectivity index (χ3v) is 3.14. The highest BCUT2D eigenvalue weighted by Crippen LogP contribution is 2.13. The van der Waals surface area contributed by atoms with E-state index in [0.29, 0.717) is 6.42 Å². The van der Waals surface area contributed by atoms with E-state index < -0.39 is 35.2 Å². The molecule has 0 radical (unpaired) electrons. The highest BCUT2D eigenvalue weighted by molar-refractivity contribution is 5.91. The summed E-state index contributed by atoms with van der Waals surface area (Å²) in [5.74, 6) is -1.87. The second-order valence-corrected chi connectivity index (χ2v) is 6.93. The fourth-order valence-electron chi connectivity index (χ4n) is 1.58. The first kappa shape index (κ1) is 20.2. The van der Waals surface area contributed by atoms with E-state index in [9.17, 15) is 14.4 Å². The van der Waals surface area contributed by atoms with E-state index in [1.807, 2.05) is 6.92 Å². The molecule has 0 saturated heterocycles. The lowest BCUT2D eigenvalue weighted by molar-refractivity contribution is -0.146. The number of rotatable bonds is 6. The summed E-state index contributed by atoms with van der Waals surface area (Å²) in [6.07, 6.45) is -0.0671. The van der Waals surface area contributed by atoms with Gasteiger partial charge in [-0.1, -0.05) is 20.3 Å². The second kappa shape index (κ2) is 7.47. The number of alkyl carbamates (subject to hydrolysis) is 1. The average molecular weight is 316 g/mol. The van der Waals surface area contributed by atoms with Crippen molar-refractivity contribution in [3.05, 3.63) is 0 Å².